The molecule has 0 aliphatic rings. The van der Waals surface area contributed by atoms with Gasteiger partial charge < -0.3 is 4.74 Å². The average Bonchev–Trinajstić information content (AvgIpc) is 3.17. The Balaban J connectivity index is 1.61. The van der Waals surface area contributed by atoms with Crippen molar-refractivity contribution in [3.8, 4) is 16.9 Å². The number of Topliss-reactive ketones (excluding diaryl/α,β-unsaturated/α-hetero) is 1. The quantitative estimate of drug-likeness (QED) is 0.239. The topological polar surface area (TPSA) is 52.1 Å². The lowest BCUT2D eigenvalue weighted by Crippen LogP contribution is -2.04. The molecule has 4 aromatic rings. The molecule has 0 unspecified atom stereocenters. The van der Waals surface area contributed by atoms with E-state index >= 15 is 0 Å². The molecule has 0 saturated carbocycles. The van der Waals surface area contributed by atoms with Crippen LogP contribution in [0.5, 0.6) is 5.75 Å². The Morgan fingerprint density at radius 2 is 2.00 bits per heavy atom. The minimum Gasteiger partial charge on any atom is -0.494 e. The molecule has 4 nitrogen and oxygen atoms in total. The number of fused-ring (bicyclic) bond motifs is 1. The molecule has 0 aliphatic carbocycles. The summed E-state index contributed by atoms with van der Waals surface area (Å²) in [7, 11) is 1.39. The monoisotopic (exact) mass is 410 g/mol. The maximum absolute atomic E-state index is 13.9. The lowest BCUT2D eigenvalue weighted by atomic mass is 10.1. The number of aromatic nitrogens is 2. The summed E-state index contributed by atoms with van der Waals surface area (Å²) in [5, 5.41) is 3.74. The molecule has 0 atom stereocenters. The molecule has 0 saturated heterocycles. The third-order valence-electron chi connectivity index (χ3n) is 4.23. The fraction of sp³-hybridized carbons (Fsp3) is 0.0952. The van der Waals surface area contributed by atoms with Crippen molar-refractivity contribution >= 4 is 39.1 Å². The van der Waals surface area contributed by atoms with Crippen LogP contribution in [0.3, 0.4) is 0 Å². The van der Waals surface area contributed by atoms with Gasteiger partial charge in [0, 0.05) is 16.5 Å². The fourth-order valence-electron chi connectivity index (χ4n) is 2.84. The molecule has 0 N–H and O–H groups in total. The smallest absolute Gasteiger partial charge is 0.173 e. The number of hydrogen-bond donors (Lipinski definition) is 0. The molecule has 2 heterocycles. The molecule has 0 amide bonds. The van der Waals surface area contributed by atoms with Crippen LogP contribution in [0, 0.1) is 5.82 Å². The first-order chi connectivity index (χ1) is 13.7. The van der Waals surface area contributed by atoms with Gasteiger partial charge in [0.15, 0.2) is 17.3 Å². The van der Waals surface area contributed by atoms with E-state index in [9.17, 15) is 9.18 Å². The van der Waals surface area contributed by atoms with E-state index in [1.807, 2.05) is 30.3 Å². The number of thioether (sulfide) groups is 1. The Hall–Kier alpha value is -2.77. The molecule has 0 spiro atoms. The number of halogens is 1. The summed E-state index contributed by atoms with van der Waals surface area (Å²) in [5.41, 5.74) is 2.44. The van der Waals surface area contributed by atoms with E-state index in [0.717, 1.165) is 26.4 Å². The average molecular weight is 410 g/mol. The third-order valence-corrected chi connectivity index (χ3v) is 6.11. The van der Waals surface area contributed by atoms with Gasteiger partial charge in [-0.25, -0.2) is 14.4 Å². The molecule has 7 heteroatoms. The van der Waals surface area contributed by atoms with Crippen LogP contribution in [0.4, 0.5) is 4.39 Å². The van der Waals surface area contributed by atoms with E-state index < -0.39 is 5.82 Å². The van der Waals surface area contributed by atoms with Gasteiger partial charge >= 0.3 is 0 Å². The van der Waals surface area contributed by atoms with Crippen LogP contribution in [-0.4, -0.2) is 28.6 Å². The van der Waals surface area contributed by atoms with Gasteiger partial charge in [-0.1, -0.05) is 42.1 Å². The molecule has 2 aromatic carbocycles. The van der Waals surface area contributed by atoms with Gasteiger partial charge in [0.1, 0.15) is 16.2 Å². The summed E-state index contributed by atoms with van der Waals surface area (Å²) in [4.78, 5) is 22.1. The molecule has 4 rings (SSSR count). The van der Waals surface area contributed by atoms with Crippen molar-refractivity contribution in [1.29, 1.82) is 0 Å². The molecule has 0 bridgehead atoms. The van der Waals surface area contributed by atoms with Crippen LogP contribution in [-0.2, 0) is 0 Å². The van der Waals surface area contributed by atoms with Crippen LogP contribution < -0.4 is 4.74 Å². The second kappa shape index (κ2) is 8.08. The lowest BCUT2D eigenvalue weighted by Gasteiger charge is -2.06. The Kier molecular flexibility index (Phi) is 5.36. The van der Waals surface area contributed by atoms with Gasteiger partial charge in [-0.2, -0.15) is 0 Å². The molecular formula is C21H15FN2O2S2. The van der Waals surface area contributed by atoms with Gasteiger partial charge in [0.2, 0.25) is 0 Å². The predicted octanol–water partition coefficient (Wildman–Crippen LogP) is 5.48. The number of methoxy groups -OCH3 is 1. The van der Waals surface area contributed by atoms with Crippen molar-refractivity contribution in [1.82, 2.24) is 9.97 Å². The largest absolute Gasteiger partial charge is 0.494 e. The first kappa shape index (κ1) is 18.6. The van der Waals surface area contributed by atoms with E-state index in [1.54, 1.807) is 17.4 Å². The number of ketones is 1. The van der Waals surface area contributed by atoms with Crippen molar-refractivity contribution in [3.05, 3.63) is 71.6 Å². The number of nitrogens with zero attached hydrogens (tertiary/aromatic N) is 2. The van der Waals surface area contributed by atoms with E-state index in [1.165, 1.54) is 37.3 Å². The van der Waals surface area contributed by atoms with Crippen molar-refractivity contribution in [2.45, 2.75) is 5.03 Å². The molecular weight excluding hydrogens is 395 g/mol. The second-order valence-corrected chi connectivity index (χ2v) is 7.76. The predicted molar refractivity (Wildman–Crippen MR) is 111 cm³/mol. The lowest BCUT2D eigenvalue weighted by molar-refractivity contribution is 0.102. The number of benzene rings is 2. The highest BCUT2D eigenvalue weighted by atomic mass is 32.2. The Labute approximate surface area is 169 Å². The molecule has 140 valence electrons. The number of carbonyl (C=O) groups is 1. The third kappa shape index (κ3) is 3.63. The van der Waals surface area contributed by atoms with Crippen LogP contribution in [0.15, 0.2) is 65.3 Å². The van der Waals surface area contributed by atoms with Gasteiger partial charge in [0.05, 0.1) is 18.2 Å². The molecule has 0 aliphatic heterocycles. The van der Waals surface area contributed by atoms with Crippen molar-refractivity contribution < 1.29 is 13.9 Å². The van der Waals surface area contributed by atoms with Crippen molar-refractivity contribution in [2.24, 2.45) is 0 Å². The second-order valence-electron chi connectivity index (χ2n) is 5.94. The minimum absolute atomic E-state index is 0.118. The zero-order valence-electron chi connectivity index (χ0n) is 14.9. The summed E-state index contributed by atoms with van der Waals surface area (Å²) >= 11 is 2.88. The highest BCUT2D eigenvalue weighted by Gasteiger charge is 2.16. The Bertz CT molecular complexity index is 1150. The maximum Gasteiger partial charge on any atom is 0.173 e. The van der Waals surface area contributed by atoms with Crippen molar-refractivity contribution in [3.63, 3.8) is 0 Å². The Morgan fingerprint density at radius 3 is 2.75 bits per heavy atom. The fourth-order valence-corrected chi connectivity index (χ4v) is 4.73. The highest BCUT2D eigenvalue weighted by Crippen LogP contribution is 2.37. The summed E-state index contributed by atoms with van der Waals surface area (Å²) in [6.45, 7) is 0. The van der Waals surface area contributed by atoms with Crippen LogP contribution in [0.2, 0.25) is 0 Å². The molecule has 28 heavy (non-hydrogen) atoms. The number of thiophene rings is 1. The molecule has 0 radical (unpaired) electrons. The van der Waals surface area contributed by atoms with Crippen LogP contribution >= 0.6 is 23.1 Å². The zero-order chi connectivity index (χ0) is 19.5. The summed E-state index contributed by atoms with van der Waals surface area (Å²) < 4.78 is 18.8. The number of rotatable bonds is 6. The summed E-state index contributed by atoms with van der Waals surface area (Å²) in [6, 6.07) is 14.2. The first-order valence-corrected chi connectivity index (χ1v) is 10.3. The molecule has 2 aromatic heterocycles. The minimum atomic E-state index is -0.549. The van der Waals surface area contributed by atoms with Gasteiger partial charge in [-0.3, -0.25) is 4.79 Å². The highest BCUT2D eigenvalue weighted by molar-refractivity contribution is 8.00. The maximum atomic E-state index is 13.9. The molecule has 0 fully saturated rings. The van der Waals surface area contributed by atoms with E-state index in [2.05, 4.69) is 15.3 Å². The van der Waals surface area contributed by atoms with E-state index in [0.29, 0.717) is 5.56 Å². The normalized spacial score (nSPS) is 10.9. The SMILES string of the molecule is COc1ccc(C(=O)CSc2ncnc3scc(-c4ccccc4)c23)cc1F. The number of carbonyl (C=O) groups excluding carboxylic acids is 1. The van der Waals surface area contributed by atoms with Gasteiger partial charge in [-0.15, -0.1) is 11.3 Å². The van der Waals surface area contributed by atoms with E-state index in [-0.39, 0.29) is 17.3 Å². The summed E-state index contributed by atoms with van der Waals surface area (Å²) in [6.07, 6.45) is 1.51. The number of hydrogen-bond acceptors (Lipinski definition) is 6. The van der Waals surface area contributed by atoms with Crippen molar-refractivity contribution in [2.75, 3.05) is 12.9 Å². The zero-order valence-corrected chi connectivity index (χ0v) is 16.5. The number of ether oxygens (including phenoxy) is 1. The van der Waals surface area contributed by atoms with Gasteiger partial charge in [-0.05, 0) is 23.8 Å². The van der Waals surface area contributed by atoms with E-state index in [4.69, 9.17) is 4.74 Å². The standard InChI is InChI=1S/C21H15FN2O2S2/c1-26-18-8-7-14(9-16(18)22)17(25)11-28-21-19-15(13-5-3-2-4-6-13)10-27-20(19)23-12-24-21/h2-10,12H,11H2,1H3. The Morgan fingerprint density at radius 1 is 1.18 bits per heavy atom. The summed E-state index contributed by atoms with van der Waals surface area (Å²) in [5.74, 6) is -0.448. The van der Waals surface area contributed by atoms with Crippen LogP contribution in [0.1, 0.15) is 10.4 Å². The van der Waals surface area contributed by atoms with Crippen LogP contribution in [0.25, 0.3) is 21.3 Å². The van der Waals surface area contributed by atoms with Gasteiger partial charge in [0.25, 0.3) is 0 Å². The first-order valence-electron chi connectivity index (χ1n) is 8.44.